The fraction of sp³-hybridized carbons (Fsp3) is 0.500. The largest absolute Gasteiger partial charge is 0.398 e. The van der Waals surface area contributed by atoms with Crippen molar-refractivity contribution >= 4 is 28.5 Å². The molecule has 0 bridgehead atoms. The number of halogens is 2. The molecular weight excluding hydrogens is 651 g/mol. The second-order valence-corrected chi connectivity index (χ2v) is 11.2. The van der Waals surface area contributed by atoms with E-state index in [1.807, 2.05) is 93.5 Å². The highest BCUT2D eigenvalue weighted by Gasteiger charge is 2.21. The van der Waals surface area contributed by atoms with Crippen molar-refractivity contribution < 1.29 is 8.78 Å². The Kier molecular flexibility index (Phi) is 27.5. The first-order valence-corrected chi connectivity index (χ1v) is 19.4. The van der Waals surface area contributed by atoms with Crippen molar-refractivity contribution in [2.24, 2.45) is 10.7 Å². The van der Waals surface area contributed by atoms with Crippen molar-refractivity contribution in [3.8, 4) is 5.82 Å². The van der Waals surface area contributed by atoms with Gasteiger partial charge in [0.2, 0.25) is 0 Å². The molecule has 0 aliphatic rings. The van der Waals surface area contributed by atoms with E-state index in [1.165, 1.54) is 18.7 Å². The fourth-order valence-electron chi connectivity index (χ4n) is 5.20. The number of pyridine rings is 1. The molecule has 0 aliphatic heterocycles. The number of benzene rings is 2. The predicted molar refractivity (Wildman–Crippen MR) is 229 cm³/mol. The van der Waals surface area contributed by atoms with Crippen LogP contribution < -0.4 is 16.8 Å². The van der Waals surface area contributed by atoms with Gasteiger partial charge in [0.1, 0.15) is 5.82 Å². The quantitative estimate of drug-likeness (QED) is 0.0771. The van der Waals surface area contributed by atoms with Gasteiger partial charge in [-0.2, -0.15) is 0 Å². The van der Waals surface area contributed by atoms with Gasteiger partial charge in [0, 0.05) is 47.5 Å². The van der Waals surface area contributed by atoms with Gasteiger partial charge in [-0.25, -0.2) is 9.37 Å². The molecule has 0 amide bonds. The molecule has 3 unspecified atom stereocenters. The van der Waals surface area contributed by atoms with Gasteiger partial charge in [-0.05, 0) is 104 Å². The minimum atomic E-state index is -1.32. The lowest BCUT2D eigenvalue weighted by Gasteiger charge is -2.23. The topological polar surface area (TPSA) is 94.2 Å². The maximum absolute atomic E-state index is 13.9. The van der Waals surface area contributed by atoms with Gasteiger partial charge < -0.3 is 21.4 Å². The molecule has 4 aromatic rings. The maximum Gasteiger partial charge on any atom is 0.187 e. The molecule has 0 saturated carbocycles. The molecule has 0 fully saturated rings. The molecular formula is C44H72F2N6. The summed E-state index contributed by atoms with van der Waals surface area (Å²) in [7, 11) is 0. The number of nitrogens with two attached hydrogens (primary N) is 2. The Balaban J connectivity index is 0. The number of para-hydroxylation sites is 1. The Morgan fingerprint density at radius 1 is 0.981 bits per heavy atom. The van der Waals surface area contributed by atoms with Crippen molar-refractivity contribution in [1.29, 1.82) is 0 Å². The summed E-state index contributed by atoms with van der Waals surface area (Å²) in [6, 6.07) is 16.3. The summed E-state index contributed by atoms with van der Waals surface area (Å²) in [4.78, 5) is 9.00. The zero-order chi connectivity index (χ0) is 40.4. The number of alkyl halides is 2. The lowest BCUT2D eigenvalue weighted by Crippen LogP contribution is -2.22. The highest BCUT2D eigenvalue weighted by molar-refractivity contribution is 5.90. The monoisotopic (exact) mass is 723 g/mol. The maximum atomic E-state index is 13.9. The van der Waals surface area contributed by atoms with E-state index in [2.05, 4.69) is 72.7 Å². The molecule has 0 aliphatic carbocycles. The van der Waals surface area contributed by atoms with Gasteiger partial charge in [0.05, 0.1) is 12.2 Å². The van der Waals surface area contributed by atoms with E-state index in [1.54, 1.807) is 0 Å². The van der Waals surface area contributed by atoms with Crippen LogP contribution in [0.4, 0.5) is 14.5 Å². The average Bonchev–Trinajstić information content (AvgIpc) is 3.61. The zero-order valence-electron chi connectivity index (χ0n) is 35.0. The van der Waals surface area contributed by atoms with Gasteiger partial charge in [-0.1, -0.05) is 101 Å². The summed E-state index contributed by atoms with van der Waals surface area (Å²) in [5.41, 5.74) is 18.9. The van der Waals surface area contributed by atoms with Gasteiger partial charge in [0.25, 0.3) is 0 Å². The van der Waals surface area contributed by atoms with Gasteiger partial charge >= 0.3 is 0 Å². The van der Waals surface area contributed by atoms with Crippen LogP contribution in [0.25, 0.3) is 22.4 Å². The number of hydrogen-bond donors (Lipinski definition) is 3. The molecule has 2 aromatic heterocycles. The second kappa shape index (κ2) is 28.5. The van der Waals surface area contributed by atoms with Gasteiger partial charge in [-0.3, -0.25) is 9.38 Å². The average molecular weight is 723 g/mol. The Hall–Kier alpha value is -4.04. The fourth-order valence-corrected chi connectivity index (χ4v) is 5.20. The van der Waals surface area contributed by atoms with Crippen LogP contribution in [0.1, 0.15) is 141 Å². The molecule has 2 heterocycles. The van der Waals surface area contributed by atoms with E-state index < -0.39 is 13.0 Å². The number of fused-ring (bicyclic) bond motifs is 1. The number of rotatable bonds is 12. The first-order valence-electron chi connectivity index (χ1n) is 19.4. The number of nitrogens with zero attached hydrogens (tertiary/aromatic N) is 3. The van der Waals surface area contributed by atoms with E-state index in [0.717, 1.165) is 52.1 Å². The number of aliphatic imine (C=N–C) groups is 1. The molecule has 6 nitrogen and oxygen atoms in total. The van der Waals surface area contributed by atoms with Crippen molar-refractivity contribution in [2.75, 3.05) is 25.5 Å². The molecule has 8 heteroatoms. The summed E-state index contributed by atoms with van der Waals surface area (Å²) in [5, 5.41) is 4.56. The van der Waals surface area contributed by atoms with E-state index in [0.29, 0.717) is 35.8 Å². The van der Waals surface area contributed by atoms with Crippen molar-refractivity contribution in [1.82, 2.24) is 14.9 Å². The molecule has 292 valence electrons. The van der Waals surface area contributed by atoms with Crippen LogP contribution in [0.5, 0.6) is 0 Å². The van der Waals surface area contributed by atoms with Crippen LogP contribution in [0.15, 0.2) is 66.3 Å². The summed E-state index contributed by atoms with van der Waals surface area (Å²) < 4.78 is 29.4. The molecule has 5 N–H and O–H groups in total. The van der Waals surface area contributed by atoms with Gasteiger partial charge in [-0.15, -0.1) is 0 Å². The van der Waals surface area contributed by atoms with Crippen molar-refractivity contribution in [3.05, 3.63) is 94.8 Å². The number of anilines is 1. The Labute approximate surface area is 316 Å². The first-order chi connectivity index (χ1) is 25.1. The number of nitrogen functional groups attached to an aromatic ring is 1. The van der Waals surface area contributed by atoms with E-state index >= 15 is 0 Å². The highest BCUT2D eigenvalue weighted by Crippen LogP contribution is 2.32. The van der Waals surface area contributed by atoms with E-state index in [-0.39, 0.29) is 5.92 Å². The molecule has 52 heavy (non-hydrogen) atoms. The van der Waals surface area contributed by atoms with Crippen LogP contribution >= 0.6 is 0 Å². The Bertz CT molecular complexity index is 1570. The summed E-state index contributed by atoms with van der Waals surface area (Å²) in [6.45, 7) is 32.7. The molecule has 0 spiro atoms. The first kappa shape index (κ1) is 50.1. The van der Waals surface area contributed by atoms with E-state index in [9.17, 15) is 8.78 Å². The minimum absolute atomic E-state index is 0.177. The molecule has 2 aromatic carbocycles. The SMILES string of the molecule is C=C(NCC(CCF)c1cc(C(C)CC)c(C)c(-n2ccc3ccccc32)n1)c1cc(C)c(N)c(/C=N/C(C)F)c1.CC.CC.CC.CC.CCN. The van der Waals surface area contributed by atoms with Crippen LogP contribution in [0, 0.1) is 13.8 Å². The zero-order valence-corrected chi connectivity index (χ0v) is 35.0. The molecule has 0 saturated heterocycles. The van der Waals surface area contributed by atoms with Crippen LogP contribution in [0.3, 0.4) is 0 Å². The Morgan fingerprint density at radius 2 is 1.58 bits per heavy atom. The third-order valence-corrected chi connectivity index (χ3v) is 7.90. The highest BCUT2D eigenvalue weighted by atomic mass is 19.1. The molecule has 3 atom stereocenters. The van der Waals surface area contributed by atoms with Crippen LogP contribution in [0.2, 0.25) is 0 Å². The van der Waals surface area contributed by atoms with Crippen molar-refractivity contribution in [2.45, 2.75) is 128 Å². The third kappa shape index (κ3) is 14.9. The third-order valence-electron chi connectivity index (χ3n) is 7.90. The molecule has 4 rings (SSSR count). The number of aromatic nitrogens is 2. The smallest absolute Gasteiger partial charge is 0.187 e. The summed E-state index contributed by atoms with van der Waals surface area (Å²) >= 11 is 0. The Morgan fingerprint density at radius 3 is 2.13 bits per heavy atom. The van der Waals surface area contributed by atoms with Crippen molar-refractivity contribution in [3.63, 3.8) is 0 Å². The lowest BCUT2D eigenvalue weighted by atomic mass is 9.91. The van der Waals surface area contributed by atoms with Crippen LogP contribution in [-0.4, -0.2) is 41.8 Å². The summed E-state index contributed by atoms with van der Waals surface area (Å²) in [5.74, 6) is 1.03. The van der Waals surface area contributed by atoms with E-state index in [4.69, 9.17) is 16.5 Å². The van der Waals surface area contributed by atoms with Crippen LogP contribution in [-0.2, 0) is 0 Å². The predicted octanol–water partition coefficient (Wildman–Crippen LogP) is 12.2. The number of nitrogens with one attached hydrogen (secondary N) is 1. The number of hydrogen-bond acceptors (Lipinski definition) is 5. The minimum Gasteiger partial charge on any atom is -0.398 e. The second-order valence-electron chi connectivity index (χ2n) is 11.2. The molecule has 0 radical (unpaired) electrons. The standard InChI is InChI=1S/C34H41F2N5.C2H7N.4C2H6/c1-7-21(2)30-18-31(40-34(23(30)4)41-15-13-26-10-8-9-11-32(26)41)27(12-14-35)19-38-24(5)28-16-22(3)33(37)29(17-28)20-39-25(6)36;1-2-3;4*1-2/h8-11,13,15-18,20-21,25,27,38H,5,7,12,14,19,37H2,1-4,6H3;2-3H2,1H3;4*1-2H3/b39-20+;;;;;. The normalized spacial score (nSPS) is 11.8. The number of aryl methyl sites for hydroxylation is 1. The lowest BCUT2D eigenvalue weighted by molar-refractivity contribution is 0.377. The summed E-state index contributed by atoms with van der Waals surface area (Å²) in [6.07, 6.45) is 3.51. The van der Waals surface area contributed by atoms with Gasteiger partial charge in [0.15, 0.2) is 6.30 Å².